The zero-order valence-corrected chi connectivity index (χ0v) is 9.09. The first-order valence-corrected chi connectivity index (χ1v) is 4.67. The second kappa shape index (κ2) is 5.18. The second-order valence-corrected chi connectivity index (χ2v) is 3.88. The Kier molecular flexibility index (Phi) is 4.95. The van der Waals surface area contributed by atoms with E-state index in [1.807, 2.05) is 13.8 Å². The Bertz CT molecular complexity index is 148. The fourth-order valence-corrected chi connectivity index (χ4v) is 0.812. The van der Waals surface area contributed by atoms with Crippen molar-refractivity contribution in [1.29, 1.82) is 0 Å². The van der Waals surface area contributed by atoms with Crippen LogP contribution < -0.4 is 0 Å². The van der Waals surface area contributed by atoms with E-state index in [9.17, 15) is 0 Å². The minimum absolute atomic E-state index is 0.227. The van der Waals surface area contributed by atoms with Crippen LogP contribution in [0.1, 0.15) is 41.5 Å². The van der Waals surface area contributed by atoms with Gasteiger partial charge in [-0.05, 0) is 27.7 Å². The molecule has 0 atom stereocenters. The predicted molar refractivity (Wildman–Crippen MR) is 53.6 cm³/mol. The zero-order chi connectivity index (χ0) is 9.72. The maximum absolute atomic E-state index is 5.57. The van der Waals surface area contributed by atoms with Gasteiger partial charge in [-0.1, -0.05) is 13.8 Å². The zero-order valence-electron chi connectivity index (χ0n) is 9.09. The summed E-state index contributed by atoms with van der Waals surface area (Å²) >= 11 is 0. The first-order valence-electron chi connectivity index (χ1n) is 4.67. The number of ether oxygens (including phenoxy) is 1. The lowest BCUT2D eigenvalue weighted by Crippen LogP contribution is -2.18. The maximum Gasteiger partial charge on any atom is 0.186 e. The van der Waals surface area contributed by atoms with Crippen molar-refractivity contribution in [3.05, 3.63) is 0 Å². The summed E-state index contributed by atoms with van der Waals surface area (Å²) < 4.78 is 5.57. The van der Waals surface area contributed by atoms with Crippen molar-refractivity contribution >= 4 is 5.90 Å². The molecule has 0 aromatic rings. The summed E-state index contributed by atoms with van der Waals surface area (Å²) in [5.41, 5.74) is 0. The van der Waals surface area contributed by atoms with E-state index in [4.69, 9.17) is 4.74 Å². The van der Waals surface area contributed by atoms with Crippen LogP contribution in [0.5, 0.6) is 0 Å². The average Bonchev–Trinajstić information content (AvgIpc) is 1.83. The topological polar surface area (TPSA) is 21.6 Å². The molecule has 0 rings (SSSR count). The van der Waals surface area contributed by atoms with Crippen molar-refractivity contribution < 1.29 is 4.74 Å². The molecule has 0 N–H and O–H groups in total. The summed E-state index contributed by atoms with van der Waals surface area (Å²) in [5.74, 6) is 1.26. The first kappa shape index (κ1) is 11.5. The summed E-state index contributed by atoms with van der Waals surface area (Å²) in [6, 6.07) is 0.321. The van der Waals surface area contributed by atoms with Gasteiger partial charge in [0.25, 0.3) is 0 Å². The van der Waals surface area contributed by atoms with Crippen LogP contribution in [0.15, 0.2) is 4.99 Å². The van der Waals surface area contributed by atoms with Gasteiger partial charge in [-0.2, -0.15) is 0 Å². The van der Waals surface area contributed by atoms with Gasteiger partial charge in [0.1, 0.15) is 0 Å². The molecule has 0 radical (unpaired) electrons. The Morgan fingerprint density at radius 3 is 1.75 bits per heavy atom. The summed E-state index contributed by atoms with van der Waals surface area (Å²) in [7, 11) is 0. The molecule has 0 bridgehead atoms. The predicted octanol–water partition coefficient (Wildman–Crippen LogP) is 2.87. The summed E-state index contributed by atoms with van der Waals surface area (Å²) in [6.07, 6.45) is 0.227. The van der Waals surface area contributed by atoms with Gasteiger partial charge < -0.3 is 4.74 Å². The highest BCUT2D eigenvalue weighted by atomic mass is 16.5. The van der Waals surface area contributed by atoms with Crippen molar-refractivity contribution in [1.82, 2.24) is 0 Å². The number of rotatable bonds is 3. The molecule has 0 saturated carbocycles. The van der Waals surface area contributed by atoms with Crippen LogP contribution in [0, 0.1) is 5.92 Å². The third-order valence-electron chi connectivity index (χ3n) is 1.24. The van der Waals surface area contributed by atoms with Crippen molar-refractivity contribution in [2.45, 2.75) is 53.7 Å². The smallest absolute Gasteiger partial charge is 0.186 e. The van der Waals surface area contributed by atoms with Gasteiger partial charge in [-0.15, -0.1) is 0 Å². The largest absolute Gasteiger partial charge is 0.478 e. The van der Waals surface area contributed by atoms with Gasteiger partial charge in [-0.25, -0.2) is 0 Å². The van der Waals surface area contributed by atoms with Crippen LogP contribution in [-0.4, -0.2) is 18.0 Å². The fourth-order valence-electron chi connectivity index (χ4n) is 0.812. The van der Waals surface area contributed by atoms with Crippen molar-refractivity contribution in [2.75, 3.05) is 0 Å². The molecule has 12 heavy (non-hydrogen) atoms. The SMILES string of the molecule is CC(C)/N=C(\OC(C)C)C(C)C. The molecule has 0 fully saturated rings. The standard InChI is InChI=1S/C10H21NO/c1-7(2)10(11-8(3)4)12-9(5)6/h7-9H,1-6H3/b11-10-. The molecule has 0 amide bonds. The summed E-state index contributed by atoms with van der Waals surface area (Å²) in [6.45, 7) is 12.4. The van der Waals surface area contributed by atoms with Crippen molar-refractivity contribution in [3.63, 3.8) is 0 Å². The van der Waals surface area contributed by atoms with E-state index >= 15 is 0 Å². The number of hydrogen-bond acceptors (Lipinski definition) is 2. The minimum atomic E-state index is 0.227. The monoisotopic (exact) mass is 171 g/mol. The molecule has 0 aliphatic heterocycles. The Hall–Kier alpha value is -0.530. The van der Waals surface area contributed by atoms with Crippen LogP contribution >= 0.6 is 0 Å². The molecule has 0 heterocycles. The van der Waals surface area contributed by atoms with E-state index in [1.54, 1.807) is 0 Å². The van der Waals surface area contributed by atoms with Crippen LogP contribution in [0.4, 0.5) is 0 Å². The molecule has 72 valence electrons. The van der Waals surface area contributed by atoms with Crippen LogP contribution in [0.2, 0.25) is 0 Å². The highest BCUT2D eigenvalue weighted by Crippen LogP contribution is 2.04. The molecule has 2 heteroatoms. The highest BCUT2D eigenvalue weighted by Gasteiger charge is 2.08. The minimum Gasteiger partial charge on any atom is -0.478 e. The van der Waals surface area contributed by atoms with Gasteiger partial charge in [0.2, 0.25) is 0 Å². The molecule has 0 unspecified atom stereocenters. The normalized spacial score (nSPS) is 13.2. The molecular formula is C10H21NO. The van der Waals surface area contributed by atoms with E-state index in [1.165, 1.54) is 0 Å². The van der Waals surface area contributed by atoms with E-state index in [0.29, 0.717) is 12.0 Å². The van der Waals surface area contributed by atoms with Crippen LogP contribution in [-0.2, 0) is 4.74 Å². The highest BCUT2D eigenvalue weighted by molar-refractivity contribution is 5.78. The maximum atomic E-state index is 5.57. The lowest BCUT2D eigenvalue weighted by atomic mass is 10.2. The Morgan fingerprint density at radius 1 is 1.00 bits per heavy atom. The van der Waals surface area contributed by atoms with Gasteiger partial charge in [0.15, 0.2) is 5.90 Å². The lowest BCUT2D eigenvalue weighted by molar-refractivity contribution is 0.212. The van der Waals surface area contributed by atoms with E-state index in [0.717, 1.165) is 5.90 Å². The van der Waals surface area contributed by atoms with Crippen molar-refractivity contribution in [2.24, 2.45) is 10.9 Å². The Morgan fingerprint density at radius 2 is 1.50 bits per heavy atom. The Labute approximate surface area is 76.0 Å². The number of aliphatic imine (C=N–C) groups is 1. The molecule has 0 aromatic heterocycles. The third-order valence-corrected chi connectivity index (χ3v) is 1.24. The molecular weight excluding hydrogens is 150 g/mol. The molecule has 0 aliphatic rings. The average molecular weight is 171 g/mol. The second-order valence-electron chi connectivity index (χ2n) is 3.88. The molecule has 0 saturated heterocycles. The van der Waals surface area contributed by atoms with E-state index in [-0.39, 0.29) is 6.10 Å². The fraction of sp³-hybridized carbons (Fsp3) is 0.900. The first-order chi connectivity index (χ1) is 5.43. The van der Waals surface area contributed by atoms with E-state index in [2.05, 4.69) is 32.7 Å². The lowest BCUT2D eigenvalue weighted by Gasteiger charge is -2.16. The Balaban J connectivity index is 4.23. The van der Waals surface area contributed by atoms with Gasteiger partial charge in [0.05, 0.1) is 6.10 Å². The van der Waals surface area contributed by atoms with Crippen LogP contribution in [0.25, 0.3) is 0 Å². The molecule has 2 nitrogen and oxygen atoms in total. The van der Waals surface area contributed by atoms with E-state index < -0.39 is 0 Å². The van der Waals surface area contributed by atoms with Gasteiger partial charge >= 0.3 is 0 Å². The van der Waals surface area contributed by atoms with Crippen molar-refractivity contribution in [3.8, 4) is 0 Å². The number of nitrogens with zero attached hydrogens (tertiary/aromatic N) is 1. The quantitative estimate of drug-likeness (QED) is 0.472. The molecule has 0 aromatic carbocycles. The third kappa shape index (κ3) is 5.16. The number of hydrogen-bond donors (Lipinski definition) is 0. The molecule has 0 aliphatic carbocycles. The summed E-state index contributed by atoms with van der Waals surface area (Å²) in [4.78, 5) is 4.41. The summed E-state index contributed by atoms with van der Waals surface area (Å²) in [5, 5.41) is 0. The van der Waals surface area contributed by atoms with Gasteiger partial charge in [0, 0.05) is 12.0 Å². The molecule has 0 spiro atoms. The van der Waals surface area contributed by atoms with Gasteiger partial charge in [-0.3, -0.25) is 4.99 Å². The van der Waals surface area contributed by atoms with Crippen LogP contribution in [0.3, 0.4) is 0 Å².